The van der Waals surface area contributed by atoms with Gasteiger partial charge < -0.3 is 15.1 Å². The summed E-state index contributed by atoms with van der Waals surface area (Å²) in [6.07, 6.45) is 3.40. The molecule has 6 heteroatoms. The minimum absolute atomic E-state index is 0.341. The number of hydrogen-bond donors (Lipinski definition) is 1. The third-order valence-corrected chi connectivity index (χ3v) is 5.06. The highest BCUT2D eigenvalue weighted by Crippen LogP contribution is 2.30. The van der Waals surface area contributed by atoms with Gasteiger partial charge in [0.25, 0.3) is 0 Å². The molecule has 1 saturated heterocycles. The molecule has 0 unspecified atom stereocenters. The maximum Gasteiger partial charge on any atom is 0.227 e. The summed E-state index contributed by atoms with van der Waals surface area (Å²) in [5, 5.41) is 3.56. The number of rotatable bonds is 4. The van der Waals surface area contributed by atoms with Gasteiger partial charge in [-0.15, -0.1) is 0 Å². The smallest absolute Gasteiger partial charge is 0.227 e. The Morgan fingerprint density at radius 1 is 1.00 bits per heavy atom. The summed E-state index contributed by atoms with van der Waals surface area (Å²) in [6, 6.07) is 6.55. The average molecular weight is 352 g/mol. The molecule has 0 amide bonds. The fraction of sp³-hybridized carbons (Fsp3) is 0.550. The highest BCUT2D eigenvalue weighted by Gasteiger charge is 2.26. The minimum Gasteiger partial charge on any atom is -0.367 e. The molecular formula is C20H28N6. The molecule has 2 aromatic rings. The Hall–Kier alpha value is -2.37. The van der Waals surface area contributed by atoms with Gasteiger partial charge >= 0.3 is 0 Å². The van der Waals surface area contributed by atoms with Crippen molar-refractivity contribution in [2.24, 2.45) is 0 Å². The van der Waals surface area contributed by atoms with E-state index in [4.69, 9.17) is 15.0 Å². The van der Waals surface area contributed by atoms with Crippen molar-refractivity contribution in [1.29, 1.82) is 0 Å². The van der Waals surface area contributed by atoms with Crippen LogP contribution in [0.3, 0.4) is 0 Å². The maximum atomic E-state index is 4.94. The van der Waals surface area contributed by atoms with Gasteiger partial charge in [0.05, 0.1) is 5.69 Å². The van der Waals surface area contributed by atoms with Crippen molar-refractivity contribution in [1.82, 2.24) is 15.0 Å². The highest BCUT2D eigenvalue weighted by atomic mass is 15.3. The Balaban J connectivity index is 1.67. The summed E-state index contributed by atoms with van der Waals surface area (Å²) in [5.41, 5.74) is 3.46. The molecule has 6 nitrogen and oxygen atoms in total. The standard InChI is InChI=1S/C20H28N6/c1-14(2)21-19-16-13-26(18-8-6-7-15(3)22-18)12-9-17(16)23-20(24-19)25-10-4-5-11-25/h6-8,14H,4-5,9-13H2,1-3H3,(H,21,23,24). The molecule has 1 N–H and O–H groups in total. The average Bonchev–Trinajstić information content (AvgIpc) is 3.15. The van der Waals surface area contributed by atoms with Crippen LogP contribution >= 0.6 is 0 Å². The molecule has 26 heavy (non-hydrogen) atoms. The summed E-state index contributed by atoms with van der Waals surface area (Å²) in [7, 11) is 0. The second kappa shape index (κ2) is 7.09. The topological polar surface area (TPSA) is 57.2 Å². The Labute approximate surface area is 155 Å². The van der Waals surface area contributed by atoms with Crippen molar-refractivity contribution >= 4 is 17.6 Å². The third kappa shape index (κ3) is 3.45. The van der Waals surface area contributed by atoms with Crippen LogP contribution in [-0.4, -0.2) is 40.6 Å². The van der Waals surface area contributed by atoms with Crippen LogP contribution in [0.2, 0.25) is 0 Å². The van der Waals surface area contributed by atoms with Crippen molar-refractivity contribution in [2.45, 2.75) is 52.6 Å². The monoisotopic (exact) mass is 352 g/mol. The van der Waals surface area contributed by atoms with Gasteiger partial charge in [0.2, 0.25) is 5.95 Å². The molecule has 4 heterocycles. The van der Waals surface area contributed by atoms with Crippen molar-refractivity contribution < 1.29 is 0 Å². The van der Waals surface area contributed by atoms with Gasteiger partial charge in [0, 0.05) is 49.9 Å². The van der Waals surface area contributed by atoms with Crippen LogP contribution in [0.5, 0.6) is 0 Å². The van der Waals surface area contributed by atoms with Gasteiger partial charge in [-0.3, -0.25) is 0 Å². The third-order valence-electron chi connectivity index (χ3n) is 5.06. The second-order valence-electron chi connectivity index (χ2n) is 7.60. The molecule has 0 bridgehead atoms. The predicted molar refractivity (Wildman–Crippen MR) is 106 cm³/mol. The first kappa shape index (κ1) is 17.1. The number of fused-ring (bicyclic) bond motifs is 1. The fourth-order valence-electron chi connectivity index (χ4n) is 3.75. The van der Waals surface area contributed by atoms with E-state index < -0.39 is 0 Å². The zero-order valence-corrected chi connectivity index (χ0v) is 16.0. The van der Waals surface area contributed by atoms with Crippen LogP contribution in [0.15, 0.2) is 18.2 Å². The van der Waals surface area contributed by atoms with E-state index in [2.05, 4.69) is 41.1 Å². The van der Waals surface area contributed by atoms with Crippen LogP contribution in [0.1, 0.15) is 43.6 Å². The van der Waals surface area contributed by atoms with Crippen LogP contribution < -0.4 is 15.1 Å². The molecule has 2 aliphatic heterocycles. The van der Waals surface area contributed by atoms with Gasteiger partial charge in [-0.2, -0.15) is 4.98 Å². The molecule has 1 fully saturated rings. The van der Waals surface area contributed by atoms with E-state index in [1.165, 1.54) is 24.1 Å². The van der Waals surface area contributed by atoms with Crippen molar-refractivity contribution in [3.8, 4) is 0 Å². The Bertz CT molecular complexity index is 782. The van der Waals surface area contributed by atoms with E-state index in [0.717, 1.165) is 55.9 Å². The SMILES string of the molecule is Cc1cccc(N2CCc3nc(N4CCCC4)nc(NC(C)C)c3C2)n1. The van der Waals surface area contributed by atoms with Gasteiger partial charge in [-0.05, 0) is 45.7 Å². The molecule has 0 atom stereocenters. The molecule has 138 valence electrons. The van der Waals surface area contributed by atoms with Crippen LogP contribution in [0, 0.1) is 6.92 Å². The first-order valence-electron chi connectivity index (χ1n) is 9.70. The lowest BCUT2D eigenvalue weighted by Crippen LogP contribution is -2.34. The maximum absolute atomic E-state index is 4.94. The van der Waals surface area contributed by atoms with E-state index in [-0.39, 0.29) is 0 Å². The highest BCUT2D eigenvalue weighted by molar-refractivity contribution is 5.56. The summed E-state index contributed by atoms with van der Waals surface area (Å²) in [5.74, 6) is 2.92. The van der Waals surface area contributed by atoms with Crippen molar-refractivity contribution in [2.75, 3.05) is 34.8 Å². The lowest BCUT2D eigenvalue weighted by atomic mass is 10.1. The van der Waals surface area contributed by atoms with Gasteiger partial charge in [-0.1, -0.05) is 6.07 Å². The molecular weight excluding hydrogens is 324 g/mol. The fourth-order valence-corrected chi connectivity index (χ4v) is 3.75. The molecule has 0 aromatic carbocycles. The Morgan fingerprint density at radius 3 is 2.54 bits per heavy atom. The van der Waals surface area contributed by atoms with Crippen LogP contribution in [0.25, 0.3) is 0 Å². The number of nitrogens with one attached hydrogen (secondary N) is 1. The van der Waals surface area contributed by atoms with E-state index in [1.807, 2.05) is 13.0 Å². The number of nitrogens with zero attached hydrogens (tertiary/aromatic N) is 5. The molecule has 2 aliphatic rings. The Kier molecular flexibility index (Phi) is 4.66. The molecule has 2 aromatic heterocycles. The largest absolute Gasteiger partial charge is 0.367 e. The van der Waals surface area contributed by atoms with E-state index in [0.29, 0.717) is 6.04 Å². The van der Waals surface area contributed by atoms with Gasteiger partial charge in [0.15, 0.2) is 0 Å². The van der Waals surface area contributed by atoms with E-state index >= 15 is 0 Å². The van der Waals surface area contributed by atoms with Crippen molar-refractivity contribution in [3.63, 3.8) is 0 Å². The van der Waals surface area contributed by atoms with Crippen LogP contribution in [-0.2, 0) is 13.0 Å². The summed E-state index contributed by atoms with van der Waals surface area (Å²) >= 11 is 0. The van der Waals surface area contributed by atoms with Crippen LogP contribution in [0.4, 0.5) is 17.6 Å². The van der Waals surface area contributed by atoms with E-state index in [1.54, 1.807) is 0 Å². The molecule has 4 rings (SSSR count). The molecule has 0 spiro atoms. The zero-order chi connectivity index (χ0) is 18.1. The number of aryl methyl sites for hydroxylation is 1. The number of anilines is 3. The van der Waals surface area contributed by atoms with Gasteiger partial charge in [-0.25, -0.2) is 9.97 Å². The normalized spacial score (nSPS) is 16.9. The molecule has 0 radical (unpaired) electrons. The number of aromatic nitrogens is 3. The summed E-state index contributed by atoms with van der Waals surface area (Å²) < 4.78 is 0. The Morgan fingerprint density at radius 2 is 1.81 bits per heavy atom. The predicted octanol–water partition coefficient (Wildman–Crippen LogP) is 3.16. The number of pyridine rings is 1. The van der Waals surface area contributed by atoms with E-state index in [9.17, 15) is 0 Å². The van der Waals surface area contributed by atoms with Crippen molar-refractivity contribution in [3.05, 3.63) is 35.2 Å². The first-order valence-corrected chi connectivity index (χ1v) is 9.70. The summed E-state index contributed by atoms with van der Waals surface area (Å²) in [4.78, 5) is 19.2. The molecule has 0 aliphatic carbocycles. The minimum atomic E-state index is 0.341. The number of hydrogen-bond acceptors (Lipinski definition) is 6. The quantitative estimate of drug-likeness (QED) is 0.912. The second-order valence-corrected chi connectivity index (χ2v) is 7.60. The van der Waals surface area contributed by atoms with Gasteiger partial charge in [0.1, 0.15) is 11.6 Å². The lowest BCUT2D eigenvalue weighted by molar-refractivity contribution is 0.690. The lowest BCUT2D eigenvalue weighted by Gasteiger charge is -2.32. The zero-order valence-electron chi connectivity index (χ0n) is 16.0. The summed E-state index contributed by atoms with van der Waals surface area (Å²) in [6.45, 7) is 10.2. The molecule has 0 saturated carbocycles. The first-order chi connectivity index (χ1) is 12.6.